The average molecular weight is 377 g/mol. The van der Waals surface area contributed by atoms with E-state index in [2.05, 4.69) is 4.98 Å². The van der Waals surface area contributed by atoms with Crippen LogP contribution in [0.15, 0.2) is 87.2 Å². The third-order valence-electron chi connectivity index (χ3n) is 4.31. The number of sulfone groups is 1. The van der Waals surface area contributed by atoms with Gasteiger partial charge in [0.05, 0.1) is 15.8 Å². The largest absolute Gasteiger partial charge is 0.455 e. The molecule has 5 nitrogen and oxygen atoms in total. The van der Waals surface area contributed by atoms with E-state index in [0.29, 0.717) is 33.4 Å². The van der Waals surface area contributed by atoms with Crippen molar-refractivity contribution in [3.63, 3.8) is 0 Å². The molecule has 6 heteroatoms. The highest BCUT2D eigenvalue weighted by Crippen LogP contribution is 2.32. The van der Waals surface area contributed by atoms with Gasteiger partial charge in [0.15, 0.2) is 9.84 Å². The van der Waals surface area contributed by atoms with Crippen molar-refractivity contribution >= 4 is 20.8 Å². The Kier molecular flexibility index (Phi) is 4.12. The first-order valence-electron chi connectivity index (χ1n) is 8.22. The first-order chi connectivity index (χ1) is 12.9. The molecule has 0 aliphatic carbocycles. The summed E-state index contributed by atoms with van der Waals surface area (Å²) < 4.78 is 29.5. The summed E-state index contributed by atoms with van der Waals surface area (Å²) in [6.07, 6.45) is 4.38. The van der Waals surface area contributed by atoms with E-state index in [1.165, 1.54) is 12.1 Å². The van der Waals surface area contributed by atoms with Gasteiger partial charge in [-0.2, -0.15) is 0 Å². The van der Waals surface area contributed by atoms with Gasteiger partial charge in [-0.05, 0) is 54.1 Å². The second-order valence-corrected chi connectivity index (χ2v) is 8.18. The predicted molar refractivity (Wildman–Crippen MR) is 104 cm³/mol. The van der Waals surface area contributed by atoms with Crippen LogP contribution in [0.25, 0.3) is 33.4 Å². The molecular weight excluding hydrogens is 362 g/mol. The maximum atomic E-state index is 13.2. The fourth-order valence-corrected chi connectivity index (χ4v) is 3.61. The summed E-state index contributed by atoms with van der Waals surface area (Å²) in [6.45, 7) is 0. The van der Waals surface area contributed by atoms with Gasteiger partial charge in [-0.25, -0.2) is 8.42 Å². The number of fused-ring (bicyclic) bond motifs is 1. The van der Waals surface area contributed by atoms with Crippen molar-refractivity contribution in [2.75, 3.05) is 6.26 Å². The van der Waals surface area contributed by atoms with E-state index in [4.69, 9.17) is 4.42 Å². The molecule has 4 rings (SSSR count). The third-order valence-corrected chi connectivity index (χ3v) is 5.44. The summed E-state index contributed by atoms with van der Waals surface area (Å²) in [7, 11) is -3.31. The second-order valence-electron chi connectivity index (χ2n) is 6.16. The Morgan fingerprint density at radius 1 is 0.852 bits per heavy atom. The normalized spacial score (nSPS) is 11.6. The summed E-state index contributed by atoms with van der Waals surface area (Å²) >= 11 is 0. The van der Waals surface area contributed by atoms with Crippen molar-refractivity contribution < 1.29 is 12.8 Å². The zero-order valence-corrected chi connectivity index (χ0v) is 15.2. The summed E-state index contributed by atoms with van der Waals surface area (Å²) in [5.41, 5.74) is 2.06. The quantitative estimate of drug-likeness (QED) is 0.541. The molecule has 4 aromatic rings. The molecule has 2 heterocycles. The van der Waals surface area contributed by atoms with E-state index in [0.717, 1.165) is 6.26 Å². The molecule has 0 aliphatic rings. The van der Waals surface area contributed by atoms with E-state index >= 15 is 0 Å². The van der Waals surface area contributed by atoms with Crippen LogP contribution >= 0.6 is 0 Å². The van der Waals surface area contributed by atoms with Gasteiger partial charge in [-0.1, -0.05) is 12.1 Å². The van der Waals surface area contributed by atoms with E-state index in [-0.39, 0.29) is 10.3 Å². The van der Waals surface area contributed by atoms with Gasteiger partial charge >= 0.3 is 0 Å². The van der Waals surface area contributed by atoms with Gasteiger partial charge < -0.3 is 4.42 Å². The summed E-state index contributed by atoms with van der Waals surface area (Å²) in [4.78, 5) is 17.4. The van der Waals surface area contributed by atoms with Crippen LogP contribution in [0.3, 0.4) is 0 Å². The summed E-state index contributed by atoms with van der Waals surface area (Å²) in [6, 6.07) is 16.9. The van der Waals surface area contributed by atoms with Crippen LogP contribution in [-0.4, -0.2) is 19.7 Å². The molecule has 0 spiro atoms. The molecule has 0 unspecified atom stereocenters. The van der Waals surface area contributed by atoms with E-state index in [1.807, 2.05) is 0 Å². The Balaban J connectivity index is 2.03. The number of hydrogen-bond acceptors (Lipinski definition) is 5. The van der Waals surface area contributed by atoms with Crippen LogP contribution in [0, 0.1) is 0 Å². The maximum Gasteiger partial charge on any atom is 0.201 e. The molecule has 0 amide bonds. The van der Waals surface area contributed by atoms with Crippen molar-refractivity contribution in [3.05, 3.63) is 83.3 Å². The fourth-order valence-electron chi connectivity index (χ4n) is 2.98. The smallest absolute Gasteiger partial charge is 0.201 e. The van der Waals surface area contributed by atoms with Crippen LogP contribution in [0.1, 0.15) is 0 Å². The number of pyridine rings is 1. The fraction of sp³-hybridized carbons (Fsp3) is 0.0476. The number of aromatic nitrogens is 1. The molecule has 0 N–H and O–H groups in total. The Morgan fingerprint density at radius 3 is 2.19 bits per heavy atom. The summed E-state index contributed by atoms with van der Waals surface area (Å²) in [5.74, 6) is 0.393. The molecule has 0 saturated carbocycles. The lowest BCUT2D eigenvalue weighted by molar-refractivity contribution is 0.601. The van der Waals surface area contributed by atoms with Gasteiger partial charge in [0.25, 0.3) is 0 Å². The third kappa shape index (κ3) is 3.15. The second kappa shape index (κ2) is 6.48. The highest BCUT2D eigenvalue weighted by Gasteiger charge is 2.18. The van der Waals surface area contributed by atoms with Gasteiger partial charge in [0.1, 0.15) is 11.3 Å². The van der Waals surface area contributed by atoms with Crippen molar-refractivity contribution in [1.29, 1.82) is 0 Å². The first-order valence-corrected chi connectivity index (χ1v) is 10.1. The molecule has 134 valence electrons. The van der Waals surface area contributed by atoms with Crippen LogP contribution in [-0.2, 0) is 9.84 Å². The molecule has 2 aromatic heterocycles. The number of para-hydroxylation sites is 1. The Hall–Kier alpha value is -3.25. The van der Waals surface area contributed by atoms with E-state index in [9.17, 15) is 13.2 Å². The number of hydrogen-bond donors (Lipinski definition) is 0. The molecule has 0 radical (unpaired) electrons. The SMILES string of the molecule is CS(=O)(=O)c1ccc(-c2oc3ccccc3c(=O)c2-c2ccncc2)cc1. The lowest BCUT2D eigenvalue weighted by atomic mass is 9.99. The van der Waals surface area contributed by atoms with E-state index in [1.54, 1.807) is 60.9 Å². The highest BCUT2D eigenvalue weighted by atomic mass is 32.2. The van der Waals surface area contributed by atoms with Crippen molar-refractivity contribution in [1.82, 2.24) is 4.98 Å². The average Bonchev–Trinajstić information content (AvgIpc) is 2.68. The van der Waals surface area contributed by atoms with Crippen LogP contribution in [0.5, 0.6) is 0 Å². The zero-order chi connectivity index (χ0) is 19.0. The van der Waals surface area contributed by atoms with Crippen molar-refractivity contribution in [2.45, 2.75) is 4.90 Å². The van der Waals surface area contributed by atoms with Crippen LogP contribution < -0.4 is 5.43 Å². The zero-order valence-electron chi connectivity index (χ0n) is 14.4. The topological polar surface area (TPSA) is 77.2 Å². The molecule has 0 atom stereocenters. The first kappa shape index (κ1) is 17.2. The Bertz CT molecular complexity index is 1290. The number of benzene rings is 2. The monoisotopic (exact) mass is 377 g/mol. The van der Waals surface area contributed by atoms with Crippen LogP contribution in [0.4, 0.5) is 0 Å². The molecular formula is C21H15NO4S. The predicted octanol–water partition coefficient (Wildman–Crippen LogP) is 3.93. The van der Waals surface area contributed by atoms with Gasteiger partial charge in [0.2, 0.25) is 5.43 Å². The lowest BCUT2D eigenvalue weighted by Crippen LogP contribution is -2.07. The highest BCUT2D eigenvalue weighted by molar-refractivity contribution is 7.90. The minimum absolute atomic E-state index is 0.148. The number of nitrogens with zero attached hydrogens (tertiary/aromatic N) is 1. The summed E-state index contributed by atoms with van der Waals surface area (Å²) in [5, 5.41) is 0.487. The van der Waals surface area contributed by atoms with Gasteiger partial charge in [-0.3, -0.25) is 9.78 Å². The molecule has 2 aromatic carbocycles. The Morgan fingerprint density at radius 2 is 1.52 bits per heavy atom. The van der Waals surface area contributed by atoms with Crippen molar-refractivity contribution in [2.24, 2.45) is 0 Å². The lowest BCUT2D eigenvalue weighted by Gasteiger charge is -2.11. The van der Waals surface area contributed by atoms with Crippen LogP contribution in [0.2, 0.25) is 0 Å². The Labute approximate surface area is 155 Å². The maximum absolute atomic E-state index is 13.2. The molecule has 0 bridgehead atoms. The van der Waals surface area contributed by atoms with Crippen molar-refractivity contribution in [3.8, 4) is 22.5 Å². The molecule has 0 aliphatic heterocycles. The van der Waals surface area contributed by atoms with E-state index < -0.39 is 9.84 Å². The number of rotatable bonds is 3. The molecule has 0 fully saturated rings. The molecule has 27 heavy (non-hydrogen) atoms. The van der Waals surface area contributed by atoms with Gasteiger partial charge in [-0.15, -0.1) is 0 Å². The van der Waals surface area contributed by atoms with Gasteiger partial charge in [0, 0.05) is 24.2 Å². The minimum atomic E-state index is -3.31. The molecule has 0 saturated heterocycles. The minimum Gasteiger partial charge on any atom is -0.455 e. The standard InChI is InChI=1S/C21H15NO4S/c1-27(24,25)16-8-6-15(7-9-16)21-19(14-10-12-22-13-11-14)20(23)17-4-2-3-5-18(17)26-21/h2-13H,1H3.